The Morgan fingerprint density at radius 1 is 0.839 bits per heavy atom. The van der Waals surface area contributed by atoms with E-state index >= 15 is 0 Å². The predicted molar refractivity (Wildman–Crippen MR) is 242 cm³/mol. The van der Waals surface area contributed by atoms with E-state index in [0.717, 1.165) is 42.6 Å². The number of rotatable bonds is 25. The van der Waals surface area contributed by atoms with Crippen LogP contribution in [-0.2, 0) is 23.8 Å². The lowest BCUT2D eigenvalue weighted by molar-refractivity contribution is -0.121. The third-order valence-electron chi connectivity index (χ3n) is 10.0. The van der Waals surface area contributed by atoms with Crippen molar-refractivity contribution >= 4 is 79.9 Å². The Hall–Kier alpha value is -5.25. The van der Waals surface area contributed by atoms with Gasteiger partial charge in [0.2, 0.25) is 16.2 Å². The van der Waals surface area contributed by atoms with Crippen LogP contribution in [0.25, 0.3) is 11.3 Å². The highest BCUT2D eigenvalue weighted by molar-refractivity contribution is 8.00. The Morgan fingerprint density at radius 2 is 1.58 bits per heavy atom. The normalized spacial score (nSPS) is 18.7. The summed E-state index contributed by atoms with van der Waals surface area (Å²) in [5.74, 6) is 0.417. The number of anilines is 2. The zero-order valence-electron chi connectivity index (χ0n) is 34.1. The minimum absolute atomic E-state index is 0.0638. The molecule has 5 N–H and O–H groups in total. The van der Waals surface area contributed by atoms with Gasteiger partial charge in [-0.15, -0.1) is 22.7 Å². The Labute approximate surface area is 371 Å². The number of fused-ring (bicyclic) bond motifs is 1. The first kappa shape index (κ1) is 44.8. The predicted octanol–water partition coefficient (Wildman–Crippen LogP) is 4.89. The molecule has 0 aliphatic carbocycles. The fraction of sp³-hybridized carbons (Fsp3) is 0.429. The summed E-state index contributed by atoms with van der Waals surface area (Å²) in [4.78, 5) is 58.8. The van der Waals surface area contributed by atoms with Crippen molar-refractivity contribution in [2.24, 2.45) is 10.2 Å². The molecular formula is C42H50N10O7S3. The lowest BCUT2D eigenvalue weighted by atomic mass is 10.0. The van der Waals surface area contributed by atoms with Crippen molar-refractivity contribution < 1.29 is 33.4 Å². The van der Waals surface area contributed by atoms with Crippen LogP contribution in [0.4, 0.5) is 15.1 Å². The molecular weight excluding hydrogens is 853 g/mol. The molecule has 5 amide bonds. The Kier molecular flexibility index (Phi) is 16.8. The van der Waals surface area contributed by atoms with Gasteiger partial charge in [-0.2, -0.15) is 27.0 Å². The summed E-state index contributed by atoms with van der Waals surface area (Å²) in [6.45, 7) is 3.90. The van der Waals surface area contributed by atoms with Gasteiger partial charge in [-0.05, 0) is 37.8 Å². The summed E-state index contributed by atoms with van der Waals surface area (Å²) in [7, 11) is 0. The SMILES string of the molecule is O=C(CCCC[C@H]1SCC2NC(=O)NC21)NCCCOCCOCCOCCCNC(=O)c1ccc(-c2csc(N3N=C(c4ccccc4)/C(=N/Nc4nccs4)C3=O)n2)cc1. The number of unbranched alkanes of at least 4 members (excludes halogenated alkanes) is 1. The van der Waals surface area contributed by atoms with Crippen LogP contribution in [0.1, 0.15) is 54.4 Å². The second-order valence-electron chi connectivity index (χ2n) is 14.5. The van der Waals surface area contributed by atoms with Gasteiger partial charge in [0.05, 0.1) is 44.2 Å². The van der Waals surface area contributed by atoms with Gasteiger partial charge >= 0.3 is 11.9 Å². The highest BCUT2D eigenvalue weighted by Crippen LogP contribution is 2.33. The number of carbonyl (C=O) groups is 4. The Balaban J connectivity index is 0.701. The molecule has 328 valence electrons. The number of hydrogen-bond acceptors (Lipinski definition) is 15. The third-order valence-corrected chi connectivity index (χ3v) is 13.0. The smallest absolute Gasteiger partial charge is 0.315 e. The van der Waals surface area contributed by atoms with Crippen LogP contribution < -0.4 is 31.7 Å². The topological polar surface area (TPSA) is 210 Å². The average molecular weight is 903 g/mol. The van der Waals surface area contributed by atoms with Crippen LogP contribution in [0.15, 0.2) is 81.8 Å². The van der Waals surface area contributed by atoms with Gasteiger partial charge in [0.25, 0.3) is 5.91 Å². The molecule has 2 aromatic carbocycles. The number of thiazole rings is 2. The number of hydrazone groups is 2. The van der Waals surface area contributed by atoms with Crippen LogP contribution in [0.2, 0.25) is 0 Å². The fourth-order valence-corrected chi connectivity index (χ4v) is 9.66. The van der Waals surface area contributed by atoms with E-state index < -0.39 is 5.91 Å². The van der Waals surface area contributed by atoms with Crippen molar-refractivity contribution in [3.8, 4) is 11.3 Å². The van der Waals surface area contributed by atoms with Crippen molar-refractivity contribution in [3.63, 3.8) is 0 Å². The number of urea groups is 1. The first-order valence-electron chi connectivity index (χ1n) is 20.7. The van der Waals surface area contributed by atoms with Gasteiger partial charge in [-0.3, -0.25) is 19.8 Å². The molecule has 3 aliphatic rings. The van der Waals surface area contributed by atoms with E-state index in [0.29, 0.717) is 98.1 Å². The van der Waals surface area contributed by atoms with Crippen molar-refractivity contribution in [3.05, 3.63) is 82.7 Å². The zero-order chi connectivity index (χ0) is 42.9. The van der Waals surface area contributed by atoms with Crippen LogP contribution in [-0.4, -0.2) is 121 Å². The van der Waals surface area contributed by atoms with E-state index in [2.05, 4.69) is 46.9 Å². The van der Waals surface area contributed by atoms with E-state index in [-0.39, 0.29) is 35.6 Å². The Morgan fingerprint density at radius 3 is 2.32 bits per heavy atom. The second-order valence-corrected chi connectivity index (χ2v) is 17.5. The molecule has 20 heteroatoms. The summed E-state index contributed by atoms with van der Waals surface area (Å²) in [6.07, 6.45) is 6.38. The summed E-state index contributed by atoms with van der Waals surface area (Å²) < 4.78 is 16.8. The van der Waals surface area contributed by atoms with Crippen molar-refractivity contribution in [1.29, 1.82) is 0 Å². The molecule has 2 aromatic heterocycles. The summed E-state index contributed by atoms with van der Waals surface area (Å²) >= 11 is 4.55. The molecule has 2 saturated heterocycles. The molecule has 4 aromatic rings. The molecule has 2 unspecified atom stereocenters. The van der Waals surface area contributed by atoms with Crippen molar-refractivity contribution in [2.45, 2.75) is 55.9 Å². The van der Waals surface area contributed by atoms with E-state index in [1.807, 2.05) is 65.0 Å². The van der Waals surface area contributed by atoms with Gasteiger partial charge in [-0.25, -0.2) is 14.8 Å². The number of thioether (sulfide) groups is 1. The highest BCUT2D eigenvalue weighted by Gasteiger charge is 2.42. The van der Waals surface area contributed by atoms with Crippen molar-refractivity contribution in [1.82, 2.24) is 31.2 Å². The number of carbonyl (C=O) groups excluding carboxylic acids is 4. The number of benzene rings is 2. The molecule has 0 bridgehead atoms. The number of hydrogen-bond donors (Lipinski definition) is 5. The third kappa shape index (κ3) is 12.7. The van der Waals surface area contributed by atoms with Crippen LogP contribution in [0, 0.1) is 0 Å². The van der Waals surface area contributed by atoms with E-state index in [1.165, 1.54) is 27.7 Å². The van der Waals surface area contributed by atoms with E-state index in [9.17, 15) is 19.2 Å². The summed E-state index contributed by atoms with van der Waals surface area (Å²) in [5, 5.41) is 27.1. The molecule has 0 radical (unpaired) electrons. The second kappa shape index (κ2) is 23.3. The Bertz CT molecular complexity index is 2150. The molecule has 7 rings (SSSR count). The average Bonchev–Trinajstić information content (AvgIpc) is 4.15. The van der Waals surface area contributed by atoms with E-state index in [1.54, 1.807) is 18.3 Å². The number of amides is 5. The quantitative estimate of drug-likeness (QED) is 0.0344. The molecule has 17 nitrogen and oxygen atoms in total. The molecule has 0 spiro atoms. The number of ether oxygens (including phenoxy) is 3. The molecule has 5 heterocycles. The highest BCUT2D eigenvalue weighted by atomic mass is 32.2. The van der Waals surface area contributed by atoms with Gasteiger partial charge in [0.15, 0.2) is 5.71 Å². The first-order valence-corrected chi connectivity index (χ1v) is 23.5. The molecule has 3 atom stereocenters. The summed E-state index contributed by atoms with van der Waals surface area (Å²) in [5.41, 5.74) is 6.14. The maximum atomic E-state index is 13.5. The number of nitrogens with one attached hydrogen (secondary N) is 5. The van der Waals surface area contributed by atoms with Gasteiger partial charge in [0.1, 0.15) is 5.71 Å². The standard InChI is InChI=1S/C42H50N10O7S3/c53-34(11-5-4-10-33-36-32(27-61-33)46-40(56)48-36)43-16-6-19-57-21-23-59-24-22-58-20-7-17-44-38(54)30-14-12-28(13-15-30)31-26-62-42(47-31)52-39(55)37(49-50-41-45-18-25-60-41)35(51-52)29-8-2-1-3-9-29/h1-3,8-9,12-15,18,25-26,32-33,36H,4-7,10-11,16-17,19-24,27H2,(H,43,53)(H,44,54)(H,45,50)(H2,46,48,56)/b49-37-/t32?,33-,36?/m1/s1. The lowest BCUT2D eigenvalue weighted by Crippen LogP contribution is -2.36. The molecule has 62 heavy (non-hydrogen) atoms. The number of aromatic nitrogens is 2. The van der Waals surface area contributed by atoms with Crippen molar-refractivity contribution in [2.75, 3.05) is 68.9 Å². The lowest BCUT2D eigenvalue weighted by Gasteiger charge is -2.16. The van der Waals surface area contributed by atoms with Gasteiger partial charge in [-0.1, -0.05) is 48.9 Å². The largest absolute Gasteiger partial charge is 0.379 e. The molecule has 2 fully saturated rings. The van der Waals surface area contributed by atoms with Gasteiger partial charge in [0, 0.05) is 77.4 Å². The monoisotopic (exact) mass is 902 g/mol. The zero-order valence-corrected chi connectivity index (χ0v) is 36.5. The molecule has 3 aliphatic heterocycles. The first-order chi connectivity index (χ1) is 30.4. The van der Waals surface area contributed by atoms with E-state index in [4.69, 9.17) is 14.2 Å². The minimum atomic E-state index is -0.412. The van der Waals surface area contributed by atoms with Crippen LogP contribution in [0.3, 0.4) is 0 Å². The molecule has 0 saturated carbocycles. The maximum absolute atomic E-state index is 13.5. The maximum Gasteiger partial charge on any atom is 0.315 e. The summed E-state index contributed by atoms with van der Waals surface area (Å²) in [6, 6.07) is 16.9. The minimum Gasteiger partial charge on any atom is -0.379 e. The van der Waals surface area contributed by atoms with Crippen LogP contribution >= 0.6 is 34.4 Å². The number of nitrogens with zero attached hydrogens (tertiary/aromatic N) is 5. The van der Waals surface area contributed by atoms with Gasteiger partial charge < -0.3 is 35.5 Å². The fourth-order valence-electron chi connectivity index (χ4n) is 6.87. The van der Waals surface area contributed by atoms with Crippen LogP contribution in [0.5, 0.6) is 0 Å².